The molecule has 0 radical (unpaired) electrons. The van der Waals surface area contributed by atoms with Crippen LogP contribution < -0.4 is 4.74 Å². The van der Waals surface area contributed by atoms with Crippen LogP contribution in [0.5, 0.6) is 5.75 Å². The third-order valence-corrected chi connectivity index (χ3v) is 4.97. The highest BCUT2D eigenvalue weighted by Crippen LogP contribution is 2.29. The van der Waals surface area contributed by atoms with Gasteiger partial charge in [-0.05, 0) is 44.1 Å². The lowest BCUT2D eigenvalue weighted by Gasteiger charge is -2.31. The number of ether oxygens (including phenoxy) is 1. The number of aromatic nitrogens is 2. The second-order valence-electron chi connectivity index (χ2n) is 5.92. The molecule has 0 atom stereocenters. The molecule has 1 aromatic heterocycles. The maximum absolute atomic E-state index is 6.10. The van der Waals surface area contributed by atoms with Gasteiger partial charge in [0.15, 0.2) is 0 Å². The highest BCUT2D eigenvalue weighted by molar-refractivity contribution is 6.34. The molecule has 0 spiro atoms. The molecule has 1 aliphatic heterocycles. The summed E-state index contributed by atoms with van der Waals surface area (Å²) in [6.07, 6.45) is 4.21. The Labute approximate surface area is 146 Å². The molecule has 2 aromatic rings. The molecule has 0 N–H and O–H groups in total. The van der Waals surface area contributed by atoms with Gasteiger partial charge in [-0.2, -0.15) is 5.10 Å². The van der Waals surface area contributed by atoms with Gasteiger partial charge < -0.3 is 4.74 Å². The summed E-state index contributed by atoms with van der Waals surface area (Å²) in [5.41, 5.74) is 1.34. The van der Waals surface area contributed by atoms with Crippen molar-refractivity contribution in [1.82, 2.24) is 14.7 Å². The van der Waals surface area contributed by atoms with Gasteiger partial charge in [0.2, 0.25) is 0 Å². The first-order valence-electron chi connectivity index (χ1n) is 7.91. The third kappa shape index (κ3) is 4.19. The SMILES string of the molecule is Cn1nccc1C1CCN(CCOc2cc(Cl)ccc2Cl)CC1. The van der Waals surface area contributed by atoms with Crippen LogP contribution in [0.1, 0.15) is 24.5 Å². The van der Waals surface area contributed by atoms with E-state index in [1.54, 1.807) is 18.2 Å². The van der Waals surface area contributed by atoms with Gasteiger partial charge in [0, 0.05) is 42.5 Å². The fourth-order valence-corrected chi connectivity index (χ4v) is 3.44. The normalized spacial score (nSPS) is 16.7. The number of halogens is 2. The van der Waals surface area contributed by atoms with Crippen molar-refractivity contribution in [3.63, 3.8) is 0 Å². The van der Waals surface area contributed by atoms with Crippen LogP contribution in [0.2, 0.25) is 10.0 Å². The predicted octanol–water partition coefficient (Wildman–Crippen LogP) is 3.99. The summed E-state index contributed by atoms with van der Waals surface area (Å²) in [5.74, 6) is 1.27. The zero-order chi connectivity index (χ0) is 16.2. The molecule has 23 heavy (non-hydrogen) atoms. The molecule has 1 aliphatic rings. The number of piperidine rings is 1. The lowest BCUT2D eigenvalue weighted by atomic mass is 9.93. The molecule has 0 bridgehead atoms. The fraction of sp³-hybridized carbons (Fsp3) is 0.471. The second-order valence-corrected chi connectivity index (χ2v) is 6.76. The van der Waals surface area contributed by atoms with Crippen molar-refractivity contribution in [3.05, 3.63) is 46.2 Å². The zero-order valence-electron chi connectivity index (χ0n) is 13.2. The third-order valence-electron chi connectivity index (χ3n) is 4.42. The van der Waals surface area contributed by atoms with E-state index < -0.39 is 0 Å². The smallest absolute Gasteiger partial charge is 0.139 e. The van der Waals surface area contributed by atoms with Crippen LogP contribution in [0.25, 0.3) is 0 Å². The highest BCUT2D eigenvalue weighted by atomic mass is 35.5. The minimum atomic E-state index is 0.601. The second kappa shape index (κ2) is 7.56. The predicted molar refractivity (Wildman–Crippen MR) is 93.6 cm³/mol. The van der Waals surface area contributed by atoms with Crippen LogP contribution in [-0.4, -0.2) is 40.9 Å². The Kier molecular flexibility index (Phi) is 5.46. The molecule has 1 aromatic carbocycles. The Bertz CT molecular complexity index is 651. The molecule has 0 saturated carbocycles. The quantitative estimate of drug-likeness (QED) is 0.814. The van der Waals surface area contributed by atoms with Crippen LogP contribution in [0.3, 0.4) is 0 Å². The van der Waals surface area contributed by atoms with Gasteiger partial charge in [-0.25, -0.2) is 0 Å². The van der Waals surface area contributed by atoms with E-state index in [-0.39, 0.29) is 0 Å². The Morgan fingerprint density at radius 2 is 2.00 bits per heavy atom. The molecular weight excluding hydrogens is 333 g/mol. The summed E-state index contributed by atoms with van der Waals surface area (Å²) >= 11 is 12.1. The van der Waals surface area contributed by atoms with Crippen molar-refractivity contribution >= 4 is 23.2 Å². The van der Waals surface area contributed by atoms with E-state index in [1.165, 1.54) is 5.69 Å². The highest BCUT2D eigenvalue weighted by Gasteiger charge is 2.22. The number of hydrogen-bond acceptors (Lipinski definition) is 3. The van der Waals surface area contributed by atoms with Gasteiger partial charge >= 0.3 is 0 Å². The minimum Gasteiger partial charge on any atom is -0.491 e. The zero-order valence-corrected chi connectivity index (χ0v) is 14.7. The first-order valence-corrected chi connectivity index (χ1v) is 8.67. The Morgan fingerprint density at radius 3 is 2.70 bits per heavy atom. The molecular formula is C17H21Cl2N3O. The number of nitrogens with zero attached hydrogens (tertiary/aromatic N) is 3. The largest absolute Gasteiger partial charge is 0.491 e. The van der Waals surface area contributed by atoms with Crippen LogP contribution >= 0.6 is 23.2 Å². The maximum atomic E-state index is 6.10. The summed E-state index contributed by atoms with van der Waals surface area (Å²) in [7, 11) is 2.02. The Morgan fingerprint density at radius 1 is 1.22 bits per heavy atom. The summed E-state index contributed by atoms with van der Waals surface area (Å²) in [5, 5.41) is 5.51. The van der Waals surface area contributed by atoms with E-state index in [0.29, 0.717) is 28.3 Å². The first-order chi connectivity index (χ1) is 11.1. The fourth-order valence-electron chi connectivity index (χ4n) is 3.11. The molecule has 0 amide bonds. The molecule has 0 aliphatic carbocycles. The van der Waals surface area contributed by atoms with E-state index >= 15 is 0 Å². The average molecular weight is 354 g/mol. The summed E-state index contributed by atoms with van der Waals surface area (Å²) in [4.78, 5) is 2.44. The van der Waals surface area contributed by atoms with E-state index in [1.807, 2.05) is 17.9 Å². The van der Waals surface area contributed by atoms with Crippen molar-refractivity contribution in [2.45, 2.75) is 18.8 Å². The Balaban J connectivity index is 1.44. The molecule has 2 heterocycles. The van der Waals surface area contributed by atoms with Crippen LogP contribution in [0.15, 0.2) is 30.5 Å². The van der Waals surface area contributed by atoms with Gasteiger partial charge in [0.05, 0.1) is 5.02 Å². The first kappa shape index (κ1) is 16.6. The number of benzene rings is 1. The number of likely N-dealkylation sites (tertiary alicyclic amines) is 1. The molecule has 0 unspecified atom stereocenters. The topological polar surface area (TPSA) is 30.3 Å². The van der Waals surface area contributed by atoms with E-state index in [4.69, 9.17) is 27.9 Å². The standard InChI is InChI=1S/C17H21Cl2N3O/c1-21-16(4-7-20-21)13-5-8-22(9-6-13)10-11-23-17-12-14(18)2-3-15(17)19/h2-4,7,12-13H,5-6,8-11H2,1H3. The molecule has 124 valence electrons. The average Bonchev–Trinajstić information content (AvgIpc) is 2.97. The number of rotatable bonds is 5. The minimum absolute atomic E-state index is 0.601. The van der Waals surface area contributed by atoms with Gasteiger partial charge in [-0.3, -0.25) is 9.58 Å². The van der Waals surface area contributed by atoms with Crippen molar-refractivity contribution < 1.29 is 4.74 Å². The molecule has 3 rings (SSSR count). The van der Waals surface area contributed by atoms with E-state index in [9.17, 15) is 0 Å². The van der Waals surface area contributed by atoms with Crippen LogP contribution in [-0.2, 0) is 7.05 Å². The van der Waals surface area contributed by atoms with Crippen molar-refractivity contribution in [2.75, 3.05) is 26.2 Å². The lowest BCUT2D eigenvalue weighted by molar-refractivity contribution is 0.171. The van der Waals surface area contributed by atoms with Gasteiger partial charge in [-0.15, -0.1) is 0 Å². The molecule has 1 fully saturated rings. The monoisotopic (exact) mass is 353 g/mol. The maximum Gasteiger partial charge on any atom is 0.139 e. The number of hydrogen-bond donors (Lipinski definition) is 0. The van der Waals surface area contributed by atoms with E-state index in [2.05, 4.69) is 16.1 Å². The van der Waals surface area contributed by atoms with Crippen LogP contribution in [0, 0.1) is 0 Å². The van der Waals surface area contributed by atoms with Gasteiger partial charge in [0.25, 0.3) is 0 Å². The van der Waals surface area contributed by atoms with E-state index in [0.717, 1.165) is 32.5 Å². The lowest BCUT2D eigenvalue weighted by Crippen LogP contribution is -2.36. The van der Waals surface area contributed by atoms with Crippen molar-refractivity contribution in [1.29, 1.82) is 0 Å². The summed E-state index contributed by atoms with van der Waals surface area (Å²) in [6, 6.07) is 7.42. The van der Waals surface area contributed by atoms with Crippen molar-refractivity contribution in [2.24, 2.45) is 7.05 Å². The van der Waals surface area contributed by atoms with Gasteiger partial charge in [-0.1, -0.05) is 23.2 Å². The molecule has 6 heteroatoms. The van der Waals surface area contributed by atoms with Gasteiger partial charge in [0.1, 0.15) is 12.4 Å². The number of aryl methyl sites for hydroxylation is 1. The van der Waals surface area contributed by atoms with Crippen LogP contribution in [0.4, 0.5) is 0 Å². The molecule has 1 saturated heterocycles. The van der Waals surface area contributed by atoms with Crippen molar-refractivity contribution in [3.8, 4) is 5.75 Å². The molecule has 4 nitrogen and oxygen atoms in total. The summed E-state index contributed by atoms with van der Waals surface area (Å²) in [6.45, 7) is 3.70. The Hall–Kier alpha value is -1.23. The summed E-state index contributed by atoms with van der Waals surface area (Å²) < 4.78 is 7.76.